The van der Waals surface area contributed by atoms with Crippen LogP contribution in [0.15, 0.2) is 6.07 Å². The molecule has 0 saturated carbocycles. The second-order valence-corrected chi connectivity index (χ2v) is 5.23. The SMILES string of the molecule is Cc1cc(NS(=O)(=O)N2CCOCC2)n[nH]1. The molecule has 1 fully saturated rings. The van der Waals surface area contributed by atoms with Crippen molar-refractivity contribution in [3.8, 4) is 0 Å². The number of morpholine rings is 1. The fraction of sp³-hybridized carbons (Fsp3) is 0.625. The number of nitrogens with zero attached hydrogens (tertiary/aromatic N) is 2. The van der Waals surface area contributed by atoms with Gasteiger partial charge in [-0.1, -0.05) is 0 Å². The van der Waals surface area contributed by atoms with Gasteiger partial charge in [0.25, 0.3) is 0 Å². The van der Waals surface area contributed by atoms with Crippen molar-refractivity contribution in [2.45, 2.75) is 6.92 Å². The van der Waals surface area contributed by atoms with Gasteiger partial charge in [0.1, 0.15) is 0 Å². The molecule has 0 radical (unpaired) electrons. The molecule has 2 rings (SSSR count). The van der Waals surface area contributed by atoms with Crippen molar-refractivity contribution in [1.82, 2.24) is 14.5 Å². The zero-order chi connectivity index (χ0) is 11.6. The third kappa shape index (κ3) is 2.52. The lowest BCUT2D eigenvalue weighted by atomic mass is 10.5. The molecular weight excluding hydrogens is 232 g/mol. The Hall–Kier alpha value is -1.12. The van der Waals surface area contributed by atoms with Gasteiger partial charge < -0.3 is 4.74 Å². The lowest BCUT2D eigenvalue weighted by Gasteiger charge is -2.25. The maximum absolute atomic E-state index is 11.9. The molecule has 0 aromatic carbocycles. The van der Waals surface area contributed by atoms with Crippen LogP contribution in [0.2, 0.25) is 0 Å². The van der Waals surface area contributed by atoms with E-state index in [4.69, 9.17) is 4.74 Å². The lowest BCUT2D eigenvalue weighted by molar-refractivity contribution is 0.0733. The molecule has 1 aliphatic rings. The van der Waals surface area contributed by atoms with Gasteiger partial charge >= 0.3 is 10.2 Å². The number of aryl methyl sites for hydroxylation is 1. The molecule has 2 N–H and O–H groups in total. The third-order valence-corrected chi connectivity index (χ3v) is 3.76. The van der Waals surface area contributed by atoms with Crippen LogP contribution in [-0.4, -0.2) is 49.2 Å². The molecule has 1 aliphatic heterocycles. The Morgan fingerprint density at radius 3 is 2.75 bits per heavy atom. The number of hydrogen-bond donors (Lipinski definition) is 2. The number of rotatable bonds is 3. The molecule has 0 atom stereocenters. The van der Waals surface area contributed by atoms with E-state index >= 15 is 0 Å². The Balaban J connectivity index is 2.07. The molecule has 0 unspecified atom stereocenters. The first-order chi connectivity index (χ1) is 7.58. The molecular formula is C8H14N4O3S. The van der Waals surface area contributed by atoms with Gasteiger partial charge in [-0.25, -0.2) is 0 Å². The Bertz CT molecular complexity index is 450. The minimum atomic E-state index is -3.50. The maximum Gasteiger partial charge on any atom is 0.303 e. The summed E-state index contributed by atoms with van der Waals surface area (Å²) in [5.41, 5.74) is 0.805. The molecule has 1 aromatic heterocycles. The molecule has 90 valence electrons. The van der Waals surface area contributed by atoms with Gasteiger partial charge in [0.15, 0.2) is 5.82 Å². The highest BCUT2D eigenvalue weighted by molar-refractivity contribution is 7.90. The van der Waals surface area contributed by atoms with Crippen LogP contribution >= 0.6 is 0 Å². The number of H-pyrrole nitrogens is 1. The van der Waals surface area contributed by atoms with Gasteiger partial charge in [0.05, 0.1) is 13.2 Å². The standard InChI is InChI=1S/C8H14N4O3S/c1-7-6-8(10-9-7)11-16(13,14)12-2-4-15-5-3-12/h6H,2-5H2,1H3,(H2,9,10,11). The summed E-state index contributed by atoms with van der Waals surface area (Å²) >= 11 is 0. The molecule has 2 heterocycles. The topological polar surface area (TPSA) is 87.3 Å². The number of aromatic nitrogens is 2. The van der Waals surface area contributed by atoms with Crippen molar-refractivity contribution in [2.24, 2.45) is 0 Å². The van der Waals surface area contributed by atoms with Crippen LogP contribution in [-0.2, 0) is 14.9 Å². The lowest BCUT2D eigenvalue weighted by Crippen LogP contribution is -2.43. The molecule has 0 bridgehead atoms. The molecule has 0 spiro atoms. The number of nitrogens with one attached hydrogen (secondary N) is 2. The van der Waals surface area contributed by atoms with E-state index in [-0.39, 0.29) is 0 Å². The summed E-state index contributed by atoms with van der Waals surface area (Å²) in [5, 5.41) is 6.50. The van der Waals surface area contributed by atoms with Crippen molar-refractivity contribution >= 4 is 16.0 Å². The van der Waals surface area contributed by atoms with E-state index < -0.39 is 10.2 Å². The van der Waals surface area contributed by atoms with Crippen molar-refractivity contribution in [2.75, 3.05) is 31.0 Å². The fourth-order valence-electron chi connectivity index (χ4n) is 1.45. The second kappa shape index (κ2) is 4.40. The summed E-state index contributed by atoms with van der Waals surface area (Å²) in [6.45, 7) is 3.41. The largest absolute Gasteiger partial charge is 0.379 e. The van der Waals surface area contributed by atoms with Gasteiger partial charge in [0, 0.05) is 24.8 Å². The summed E-state index contributed by atoms with van der Waals surface area (Å²) in [5.74, 6) is 0.309. The Kier molecular flexibility index (Phi) is 3.13. The Morgan fingerprint density at radius 1 is 1.50 bits per heavy atom. The van der Waals surface area contributed by atoms with Crippen molar-refractivity contribution in [3.63, 3.8) is 0 Å². The van der Waals surface area contributed by atoms with Gasteiger partial charge in [-0.3, -0.25) is 9.82 Å². The maximum atomic E-state index is 11.9. The first-order valence-electron chi connectivity index (χ1n) is 4.95. The zero-order valence-corrected chi connectivity index (χ0v) is 9.75. The summed E-state index contributed by atoms with van der Waals surface area (Å²) in [4.78, 5) is 0. The van der Waals surface area contributed by atoms with Crippen molar-refractivity contribution in [1.29, 1.82) is 0 Å². The number of ether oxygens (including phenoxy) is 1. The van der Waals surface area contributed by atoms with Crippen LogP contribution in [0.25, 0.3) is 0 Å². The predicted molar refractivity (Wildman–Crippen MR) is 58.3 cm³/mol. The number of aromatic amines is 1. The van der Waals surface area contributed by atoms with Gasteiger partial charge in [-0.05, 0) is 6.92 Å². The minimum Gasteiger partial charge on any atom is -0.379 e. The first kappa shape index (κ1) is 11.4. The van der Waals surface area contributed by atoms with Crippen LogP contribution in [0.3, 0.4) is 0 Å². The highest BCUT2D eigenvalue weighted by Crippen LogP contribution is 2.10. The van der Waals surface area contributed by atoms with Gasteiger partial charge in [-0.2, -0.15) is 17.8 Å². The quantitative estimate of drug-likeness (QED) is 0.767. The smallest absolute Gasteiger partial charge is 0.303 e. The van der Waals surface area contributed by atoms with Crippen LogP contribution in [0, 0.1) is 6.92 Å². The average molecular weight is 246 g/mol. The monoisotopic (exact) mass is 246 g/mol. The molecule has 1 aromatic rings. The van der Waals surface area contributed by atoms with Crippen LogP contribution in [0.1, 0.15) is 5.69 Å². The van der Waals surface area contributed by atoms with Crippen molar-refractivity contribution < 1.29 is 13.2 Å². The summed E-state index contributed by atoms with van der Waals surface area (Å²) in [7, 11) is -3.50. The van der Waals surface area contributed by atoms with E-state index in [1.165, 1.54) is 4.31 Å². The summed E-state index contributed by atoms with van der Waals surface area (Å²) in [6.07, 6.45) is 0. The summed E-state index contributed by atoms with van der Waals surface area (Å²) < 4.78 is 32.6. The Morgan fingerprint density at radius 2 is 2.19 bits per heavy atom. The number of hydrogen-bond acceptors (Lipinski definition) is 4. The van der Waals surface area contributed by atoms with E-state index in [0.717, 1.165) is 5.69 Å². The minimum absolute atomic E-state index is 0.309. The first-order valence-corrected chi connectivity index (χ1v) is 6.39. The Labute approximate surface area is 94.0 Å². The highest BCUT2D eigenvalue weighted by atomic mass is 32.2. The molecule has 8 heteroatoms. The van der Waals surface area contributed by atoms with E-state index in [1.807, 2.05) is 0 Å². The zero-order valence-electron chi connectivity index (χ0n) is 8.93. The van der Waals surface area contributed by atoms with E-state index in [1.54, 1.807) is 13.0 Å². The molecule has 7 nitrogen and oxygen atoms in total. The van der Waals surface area contributed by atoms with Crippen LogP contribution < -0.4 is 4.72 Å². The summed E-state index contributed by atoms with van der Waals surface area (Å²) in [6, 6.07) is 1.64. The molecule has 16 heavy (non-hydrogen) atoms. The average Bonchev–Trinajstić information content (AvgIpc) is 2.64. The fourth-order valence-corrected chi connectivity index (χ4v) is 2.58. The highest BCUT2D eigenvalue weighted by Gasteiger charge is 2.24. The van der Waals surface area contributed by atoms with E-state index in [2.05, 4.69) is 14.9 Å². The van der Waals surface area contributed by atoms with Crippen molar-refractivity contribution in [3.05, 3.63) is 11.8 Å². The predicted octanol–water partition coefficient (Wildman–Crippen LogP) is -0.293. The molecule has 0 aliphatic carbocycles. The second-order valence-electron chi connectivity index (χ2n) is 3.55. The van der Waals surface area contributed by atoms with Crippen LogP contribution in [0.4, 0.5) is 5.82 Å². The van der Waals surface area contributed by atoms with Crippen LogP contribution in [0.5, 0.6) is 0 Å². The van der Waals surface area contributed by atoms with Gasteiger partial charge in [0.2, 0.25) is 0 Å². The van der Waals surface area contributed by atoms with Gasteiger partial charge in [-0.15, -0.1) is 0 Å². The van der Waals surface area contributed by atoms with E-state index in [9.17, 15) is 8.42 Å². The number of anilines is 1. The third-order valence-electron chi connectivity index (χ3n) is 2.25. The molecule has 1 saturated heterocycles. The van der Waals surface area contributed by atoms with E-state index in [0.29, 0.717) is 32.1 Å². The molecule has 0 amide bonds. The normalized spacial score (nSPS) is 18.6.